The molecule has 0 aliphatic rings. The molecule has 0 bridgehead atoms. The molecule has 0 amide bonds. The molecule has 0 aliphatic carbocycles. The second-order valence-electron chi connectivity index (χ2n) is 3.90. The van der Waals surface area contributed by atoms with Gasteiger partial charge in [-0.25, -0.2) is 0 Å². The Balaban J connectivity index is 2.53. The van der Waals surface area contributed by atoms with Gasteiger partial charge in [0.1, 0.15) is 5.75 Å². The highest BCUT2D eigenvalue weighted by Crippen LogP contribution is 2.28. The van der Waals surface area contributed by atoms with Gasteiger partial charge in [0, 0.05) is 5.39 Å². The minimum atomic E-state index is 0.402. The zero-order valence-corrected chi connectivity index (χ0v) is 9.03. The normalized spacial score (nSPS) is 10.7. The number of aromatic hydroxyl groups is 1. The van der Waals surface area contributed by atoms with Crippen molar-refractivity contribution >= 4 is 10.8 Å². The van der Waals surface area contributed by atoms with E-state index >= 15 is 0 Å². The Kier molecular flexibility index (Phi) is 2.91. The van der Waals surface area contributed by atoms with Crippen molar-refractivity contribution in [2.24, 2.45) is 0 Å². The number of hydrogen-bond donors (Lipinski definition) is 1. The van der Waals surface area contributed by atoms with Crippen LogP contribution in [0.25, 0.3) is 10.8 Å². The van der Waals surface area contributed by atoms with Gasteiger partial charge in [-0.05, 0) is 29.9 Å². The van der Waals surface area contributed by atoms with E-state index in [0.29, 0.717) is 5.75 Å². The molecule has 0 heterocycles. The first kappa shape index (κ1) is 10.0. The Morgan fingerprint density at radius 3 is 2.53 bits per heavy atom. The van der Waals surface area contributed by atoms with Crippen LogP contribution < -0.4 is 0 Å². The van der Waals surface area contributed by atoms with Crippen molar-refractivity contribution in [3.05, 3.63) is 42.0 Å². The van der Waals surface area contributed by atoms with E-state index in [1.54, 1.807) is 6.07 Å². The predicted octanol–water partition coefficient (Wildman–Crippen LogP) is 3.89. The molecule has 78 valence electrons. The molecule has 2 rings (SSSR count). The average Bonchev–Trinajstić information content (AvgIpc) is 2.26. The van der Waals surface area contributed by atoms with Crippen LogP contribution in [0.4, 0.5) is 0 Å². The van der Waals surface area contributed by atoms with Crippen molar-refractivity contribution in [1.82, 2.24) is 0 Å². The van der Waals surface area contributed by atoms with E-state index in [-0.39, 0.29) is 0 Å². The molecule has 0 saturated heterocycles. The molecule has 1 nitrogen and oxygen atoms in total. The third-order valence-corrected chi connectivity index (χ3v) is 2.77. The monoisotopic (exact) mass is 200 g/mol. The van der Waals surface area contributed by atoms with Gasteiger partial charge in [0.15, 0.2) is 0 Å². The van der Waals surface area contributed by atoms with E-state index < -0.39 is 0 Å². The topological polar surface area (TPSA) is 20.2 Å². The number of fused-ring (bicyclic) bond motifs is 1. The lowest BCUT2D eigenvalue weighted by Crippen LogP contribution is -1.87. The first-order valence-electron chi connectivity index (χ1n) is 5.52. The van der Waals surface area contributed by atoms with Gasteiger partial charge in [0.2, 0.25) is 0 Å². The quantitative estimate of drug-likeness (QED) is 0.797. The van der Waals surface area contributed by atoms with Crippen LogP contribution in [0, 0.1) is 0 Å². The van der Waals surface area contributed by atoms with E-state index in [0.717, 1.165) is 17.2 Å². The van der Waals surface area contributed by atoms with Gasteiger partial charge in [-0.2, -0.15) is 0 Å². The van der Waals surface area contributed by atoms with Crippen LogP contribution in [-0.2, 0) is 6.42 Å². The minimum absolute atomic E-state index is 0.402. The van der Waals surface area contributed by atoms with Gasteiger partial charge in [0.25, 0.3) is 0 Å². The summed E-state index contributed by atoms with van der Waals surface area (Å²) in [6.07, 6.45) is 3.41. The van der Waals surface area contributed by atoms with Gasteiger partial charge < -0.3 is 5.11 Å². The van der Waals surface area contributed by atoms with E-state index in [2.05, 4.69) is 19.1 Å². The van der Waals surface area contributed by atoms with Gasteiger partial charge in [-0.1, -0.05) is 43.7 Å². The summed E-state index contributed by atoms with van der Waals surface area (Å²) in [5, 5.41) is 12.0. The van der Waals surface area contributed by atoms with Gasteiger partial charge in [0.05, 0.1) is 0 Å². The van der Waals surface area contributed by atoms with Crippen molar-refractivity contribution in [2.45, 2.75) is 26.2 Å². The van der Waals surface area contributed by atoms with Crippen LogP contribution in [0.2, 0.25) is 0 Å². The fraction of sp³-hybridized carbons (Fsp3) is 0.286. The molecule has 0 spiro atoms. The number of benzene rings is 2. The highest BCUT2D eigenvalue weighted by molar-refractivity contribution is 5.91. The first-order chi connectivity index (χ1) is 7.33. The largest absolute Gasteiger partial charge is 0.507 e. The van der Waals surface area contributed by atoms with Crippen LogP contribution in [0.1, 0.15) is 25.3 Å². The fourth-order valence-electron chi connectivity index (χ4n) is 1.97. The summed E-state index contributed by atoms with van der Waals surface area (Å²) in [6, 6.07) is 11.9. The second-order valence-corrected chi connectivity index (χ2v) is 3.90. The van der Waals surface area contributed by atoms with Crippen molar-refractivity contribution < 1.29 is 5.11 Å². The van der Waals surface area contributed by atoms with E-state index in [1.807, 2.05) is 18.2 Å². The lowest BCUT2D eigenvalue weighted by Gasteiger charge is -2.07. The Morgan fingerprint density at radius 2 is 1.80 bits per heavy atom. The SMILES string of the molecule is CCCCc1cccc2cccc(O)c12. The molecule has 0 atom stereocenters. The van der Waals surface area contributed by atoms with Gasteiger partial charge >= 0.3 is 0 Å². The summed E-state index contributed by atoms with van der Waals surface area (Å²) in [6.45, 7) is 2.19. The smallest absolute Gasteiger partial charge is 0.123 e. The molecule has 0 fully saturated rings. The highest BCUT2D eigenvalue weighted by Gasteiger charge is 2.04. The zero-order chi connectivity index (χ0) is 10.7. The summed E-state index contributed by atoms with van der Waals surface area (Å²) in [7, 11) is 0. The summed E-state index contributed by atoms with van der Waals surface area (Å²) < 4.78 is 0. The predicted molar refractivity (Wildman–Crippen MR) is 64.2 cm³/mol. The minimum Gasteiger partial charge on any atom is -0.507 e. The third kappa shape index (κ3) is 1.96. The summed E-state index contributed by atoms with van der Waals surface area (Å²) in [5.74, 6) is 0.402. The lowest BCUT2D eigenvalue weighted by atomic mass is 9.99. The molecule has 15 heavy (non-hydrogen) atoms. The maximum Gasteiger partial charge on any atom is 0.123 e. The Labute approximate surface area is 90.4 Å². The van der Waals surface area contributed by atoms with Crippen molar-refractivity contribution in [2.75, 3.05) is 0 Å². The van der Waals surface area contributed by atoms with Crippen molar-refractivity contribution in [3.63, 3.8) is 0 Å². The van der Waals surface area contributed by atoms with Crippen LogP contribution in [0.5, 0.6) is 5.75 Å². The molecule has 2 aromatic carbocycles. The summed E-state index contributed by atoms with van der Waals surface area (Å²) >= 11 is 0. The maximum atomic E-state index is 9.85. The van der Waals surface area contributed by atoms with E-state index in [4.69, 9.17) is 0 Å². The number of rotatable bonds is 3. The molecule has 0 saturated carbocycles. The van der Waals surface area contributed by atoms with Gasteiger partial charge in [-0.3, -0.25) is 0 Å². The average molecular weight is 200 g/mol. The highest BCUT2D eigenvalue weighted by atomic mass is 16.3. The molecule has 2 aromatic rings. The number of phenolic OH excluding ortho intramolecular Hbond substituents is 1. The molecule has 1 heteroatoms. The number of unbranched alkanes of at least 4 members (excludes halogenated alkanes) is 1. The van der Waals surface area contributed by atoms with Crippen molar-refractivity contribution in [1.29, 1.82) is 0 Å². The summed E-state index contributed by atoms with van der Waals surface area (Å²) in [5.41, 5.74) is 1.26. The summed E-state index contributed by atoms with van der Waals surface area (Å²) in [4.78, 5) is 0. The molecular formula is C14H16O. The molecule has 0 aliphatic heterocycles. The lowest BCUT2D eigenvalue weighted by molar-refractivity contribution is 0.481. The molecule has 0 unspecified atom stereocenters. The maximum absolute atomic E-state index is 9.85. The Bertz CT molecular complexity index is 455. The first-order valence-corrected chi connectivity index (χ1v) is 5.52. The Hall–Kier alpha value is -1.50. The fourth-order valence-corrected chi connectivity index (χ4v) is 1.97. The van der Waals surface area contributed by atoms with Crippen LogP contribution in [0.15, 0.2) is 36.4 Å². The van der Waals surface area contributed by atoms with Crippen LogP contribution >= 0.6 is 0 Å². The Morgan fingerprint density at radius 1 is 1.07 bits per heavy atom. The number of aryl methyl sites for hydroxylation is 1. The standard InChI is InChI=1S/C14H16O/c1-2-3-6-11-7-4-8-12-9-5-10-13(15)14(11)12/h4-5,7-10,15H,2-3,6H2,1H3. The molecule has 0 radical (unpaired) electrons. The second kappa shape index (κ2) is 4.35. The zero-order valence-electron chi connectivity index (χ0n) is 9.03. The van der Waals surface area contributed by atoms with Crippen LogP contribution in [-0.4, -0.2) is 5.11 Å². The number of phenols is 1. The van der Waals surface area contributed by atoms with Gasteiger partial charge in [-0.15, -0.1) is 0 Å². The van der Waals surface area contributed by atoms with E-state index in [9.17, 15) is 5.11 Å². The molecule has 1 N–H and O–H groups in total. The van der Waals surface area contributed by atoms with Crippen LogP contribution in [0.3, 0.4) is 0 Å². The molecule has 0 aromatic heterocycles. The number of hydrogen-bond acceptors (Lipinski definition) is 1. The van der Waals surface area contributed by atoms with Crippen molar-refractivity contribution in [3.8, 4) is 5.75 Å². The molecular weight excluding hydrogens is 184 g/mol. The third-order valence-electron chi connectivity index (χ3n) is 2.77. The van der Waals surface area contributed by atoms with E-state index in [1.165, 1.54) is 18.4 Å².